The molecule has 0 spiro atoms. The average molecular weight is 313 g/mol. The van der Waals surface area contributed by atoms with Gasteiger partial charge in [-0.25, -0.2) is 4.98 Å². The van der Waals surface area contributed by atoms with Crippen LogP contribution < -0.4 is 5.32 Å². The van der Waals surface area contributed by atoms with Crippen molar-refractivity contribution in [2.24, 2.45) is 0 Å². The predicted molar refractivity (Wildman–Crippen MR) is 86.7 cm³/mol. The van der Waals surface area contributed by atoms with Gasteiger partial charge in [0.05, 0.1) is 22.7 Å². The van der Waals surface area contributed by atoms with Gasteiger partial charge in [-0.15, -0.1) is 11.3 Å². The molecule has 1 amide bonds. The molecule has 0 saturated carbocycles. The predicted octanol–water partition coefficient (Wildman–Crippen LogP) is 1.41. The third-order valence-corrected chi connectivity index (χ3v) is 4.18. The molecule has 0 aliphatic carbocycles. The lowest BCUT2D eigenvalue weighted by Gasteiger charge is -2.27. The Labute approximate surface area is 131 Å². The molecule has 0 aromatic carbocycles. The molecule has 21 heavy (non-hydrogen) atoms. The van der Waals surface area contributed by atoms with Gasteiger partial charge in [-0.2, -0.15) is 0 Å². The highest BCUT2D eigenvalue weighted by Gasteiger charge is 2.23. The summed E-state index contributed by atoms with van der Waals surface area (Å²) in [6.45, 7) is 8.77. The monoisotopic (exact) mass is 313 g/mol. The van der Waals surface area contributed by atoms with E-state index in [4.69, 9.17) is 0 Å². The van der Waals surface area contributed by atoms with Crippen molar-refractivity contribution in [1.82, 2.24) is 15.2 Å². The normalized spacial score (nSPS) is 15.0. The zero-order valence-corrected chi connectivity index (χ0v) is 14.7. The molecule has 2 N–H and O–H groups in total. The first-order chi connectivity index (χ1) is 9.49. The molecule has 120 valence electrons. The van der Waals surface area contributed by atoms with Crippen molar-refractivity contribution < 1.29 is 9.90 Å². The summed E-state index contributed by atoms with van der Waals surface area (Å²) in [7, 11) is 3.78. The first kappa shape index (κ1) is 18.1. The molecule has 1 aromatic rings. The van der Waals surface area contributed by atoms with E-state index in [9.17, 15) is 9.90 Å². The van der Waals surface area contributed by atoms with Gasteiger partial charge in [0.25, 0.3) is 0 Å². The van der Waals surface area contributed by atoms with Gasteiger partial charge in [-0.3, -0.25) is 4.79 Å². The van der Waals surface area contributed by atoms with Crippen LogP contribution in [0, 0.1) is 0 Å². The van der Waals surface area contributed by atoms with Gasteiger partial charge in [0.15, 0.2) is 0 Å². The second kappa shape index (κ2) is 6.85. The smallest absolute Gasteiger partial charge is 0.226 e. The minimum absolute atomic E-state index is 0.00870. The summed E-state index contributed by atoms with van der Waals surface area (Å²) >= 11 is 1.58. The fourth-order valence-corrected chi connectivity index (χ4v) is 2.89. The quantitative estimate of drug-likeness (QED) is 0.833. The summed E-state index contributed by atoms with van der Waals surface area (Å²) in [6, 6.07) is 0. The van der Waals surface area contributed by atoms with Crippen LogP contribution in [0.2, 0.25) is 0 Å². The Morgan fingerprint density at radius 3 is 2.48 bits per heavy atom. The van der Waals surface area contributed by atoms with E-state index in [0.29, 0.717) is 6.54 Å². The Kier molecular flexibility index (Phi) is 5.90. The summed E-state index contributed by atoms with van der Waals surface area (Å²) in [4.78, 5) is 18.3. The molecule has 1 rings (SSSR count). The molecule has 6 heteroatoms. The Bertz CT molecular complexity index is 476. The Morgan fingerprint density at radius 1 is 1.38 bits per heavy atom. The fourth-order valence-electron chi connectivity index (χ4n) is 1.99. The van der Waals surface area contributed by atoms with Crippen LogP contribution in [0.3, 0.4) is 0 Å². The van der Waals surface area contributed by atoms with E-state index in [0.717, 1.165) is 10.7 Å². The molecule has 0 saturated heterocycles. The van der Waals surface area contributed by atoms with Crippen LogP contribution in [0.15, 0.2) is 5.38 Å². The number of carbonyl (C=O) groups is 1. The zero-order valence-electron chi connectivity index (χ0n) is 13.9. The lowest BCUT2D eigenvalue weighted by molar-refractivity contribution is -0.121. The minimum atomic E-state index is -0.933. The molecular weight excluding hydrogens is 286 g/mol. The highest BCUT2D eigenvalue weighted by molar-refractivity contribution is 7.09. The van der Waals surface area contributed by atoms with E-state index < -0.39 is 5.60 Å². The number of thiazole rings is 1. The van der Waals surface area contributed by atoms with Crippen LogP contribution in [0.25, 0.3) is 0 Å². The van der Waals surface area contributed by atoms with Crippen LogP contribution in [0.1, 0.15) is 38.4 Å². The summed E-state index contributed by atoms with van der Waals surface area (Å²) in [5.41, 5.74) is -0.137. The molecule has 0 bridgehead atoms. The number of likely N-dealkylation sites (N-methyl/N-ethyl adjacent to an activating group) is 1. The fraction of sp³-hybridized carbons (Fsp3) is 0.733. The zero-order chi connectivity index (χ0) is 16.3. The largest absolute Gasteiger partial charge is 0.387 e. The van der Waals surface area contributed by atoms with E-state index >= 15 is 0 Å². The Morgan fingerprint density at radius 2 is 2.00 bits per heavy atom. The summed E-state index contributed by atoms with van der Waals surface area (Å²) in [5, 5.41) is 15.9. The van der Waals surface area contributed by atoms with Crippen molar-refractivity contribution in [3.8, 4) is 0 Å². The maximum Gasteiger partial charge on any atom is 0.226 e. The SMILES string of the molecule is CN(C)C[C@@](C)(O)CNC(=O)Cc1csc(C(C)(C)C)n1. The number of carbonyl (C=O) groups excluding carboxylic acids is 1. The molecular formula is C15H27N3O2S. The third-order valence-electron chi connectivity index (χ3n) is 2.86. The lowest BCUT2D eigenvalue weighted by atomic mass is 9.98. The van der Waals surface area contributed by atoms with E-state index in [-0.39, 0.29) is 24.3 Å². The molecule has 1 atom stereocenters. The number of amides is 1. The van der Waals surface area contributed by atoms with Crippen LogP contribution in [-0.4, -0.2) is 53.7 Å². The molecule has 0 fully saturated rings. The number of nitrogens with zero attached hydrogens (tertiary/aromatic N) is 2. The van der Waals surface area contributed by atoms with Crippen LogP contribution in [-0.2, 0) is 16.6 Å². The molecule has 0 aliphatic heterocycles. The highest BCUT2D eigenvalue weighted by atomic mass is 32.1. The lowest BCUT2D eigenvalue weighted by Crippen LogP contribution is -2.47. The molecule has 5 nitrogen and oxygen atoms in total. The van der Waals surface area contributed by atoms with Gasteiger partial charge in [0.1, 0.15) is 0 Å². The maximum atomic E-state index is 11.9. The number of nitrogens with one attached hydrogen (secondary N) is 1. The van der Waals surface area contributed by atoms with Gasteiger partial charge in [-0.05, 0) is 21.0 Å². The van der Waals surface area contributed by atoms with E-state index in [1.165, 1.54) is 0 Å². The van der Waals surface area contributed by atoms with Gasteiger partial charge in [0, 0.05) is 23.9 Å². The Hall–Kier alpha value is -0.980. The van der Waals surface area contributed by atoms with E-state index in [1.54, 1.807) is 18.3 Å². The summed E-state index contributed by atoms with van der Waals surface area (Å²) in [6.07, 6.45) is 0.255. The minimum Gasteiger partial charge on any atom is -0.387 e. The van der Waals surface area contributed by atoms with Crippen molar-refractivity contribution in [3.05, 3.63) is 16.1 Å². The van der Waals surface area contributed by atoms with E-state index in [1.807, 2.05) is 24.4 Å². The number of hydrogen-bond acceptors (Lipinski definition) is 5. The van der Waals surface area contributed by atoms with Crippen molar-refractivity contribution in [2.45, 2.75) is 45.1 Å². The van der Waals surface area contributed by atoms with Crippen molar-refractivity contribution in [3.63, 3.8) is 0 Å². The number of hydrogen-bond donors (Lipinski definition) is 2. The summed E-state index contributed by atoms with van der Waals surface area (Å²) < 4.78 is 0. The van der Waals surface area contributed by atoms with Crippen molar-refractivity contribution in [2.75, 3.05) is 27.2 Å². The van der Waals surface area contributed by atoms with E-state index in [2.05, 4.69) is 31.1 Å². The van der Waals surface area contributed by atoms with Gasteiger partial charge in [-0.1, -0.05) is 20.8 Å². The first-order valence-electron chi connectivity index (χ1n) is 7.08. The average Bonchev–Trinajstić information content (AvgIpc) is 2.73. The first-order valence-corrected chi connectivity index (χ1v) is 7.96. The molecule has 1 heterocycles. The molecule has 1 aromatic heterocycles. The highest BCUT2D eigenvalue weighted by Crippen LogP contribution is 2.25. The van der Waals surface area contributed by atoms with Crippen LogP contribution in [0.4, 0.5) is 0 Å². The number of aromatic nitrogens is 1. The van der Waals surface area contributed by atoms with Gasteiger partial charge < -0.3 is 15.3 Å². The third kappa shape index (κ3) is 6.54. The number of aliphatic hydroxyl groups is 1. The van der Waals surface area contributed by atoms with Gasteiger partial charge in [0.2, 0.25) is 5.91 Å². The van der Waals surface area contributed by atoms with Crippen LogP contribution >= 0.6 is 11.3 Å². The molecule has 0 unspecified atom stereocenters. The molecule has 0 aliphatic rings. The van der Waals surface area contributed by atoms with Crippen LogP contribution in [0.5, 0.6) is 0 Å². The van der Waals surface area contributed by atoms with Gasteiger partial charge >= 0.3 is 0 Å². The Balaban J connectivity index is 2.49. The molecule has 0 radical (unpaired) electrons. The standard InChI is InChI=1S/C15H27N3O2S/c1-14(2,3)13-17-11(8-21-13)7-12(19)16-9-15(4,20)10-18(5)6/h8,20H,7,9-10H2,1-6H3,(H,16,19)/t15-/m0/s1. The second-order valence-electron chi connectivity index (χ2n) is 7.08. The topological polar surface area (TPSA) is 65.5 Å². The van der Waals surface area contributed by atoms with Crippen molar-refractivity contribution >= 4 is 17.2 Å². The second-order valence-corrected chi connectivity index (χ2v) is 7.94. The maximum absolute atomic E-state index is 11.9. The summed E-state index contributed by atoms with van der Waals surface area (Å²) in [5.74, 6) is -0.111. The van der Waals surface area contributed by atoms with Crippen molar-refractivity contribution in [1.29, 1.82) is 0 Å². The number of rotatable bonds is 6.